The highest BCUT2D eigenvalue weighted by atomic mass is 16.2. The molecule has 0 bridgehead atoms. The Kier molecular flexibility index (Phi) is 22.0. The van der Waals surface area contributed by atoms with Crippen molar-refractivity contribution in [3.05, 3.63) is 116 Å². The number of aryl methyl sites for hydroxylation is 1. The lowest BCUT2D eigenvalue weighted by Crippen LogP contribution is -2.58. The summed E-state index contributed by atoms with van der Waals surface area (Å²) in [7, 11) is 3.38. The topological polar surface area (TPSA) is 325 Å². The quantitative estimate of drug-likeness (QED) is 0.0177. The Labute approximate surface area is 491 Å². The monoisotopic (exact) mass is 1160 g/mol. The van der Waals surface area contributed by atoms with Crippen molar-refractivity contribution in [2.45, 2.75) is 184 Å². The zero-order chi connectivity index (χ0) is 59.9. The third-order valence-electron chi connectivity index (χ3n) is 17.1. The van der Waals surface area contributed by atoms with Crippen LogP contribution in [0.2, 0.25) is 0 Å². The molecule has 4 saturated heterocycles. The van der Waals surface area contributed by atoms with Gasteiger partial charge in [0, 0.05) is 44.5 Å². The van der Waals surface area contributed by atoms with Gasteiger partial charge in [0.25, 0.3) is 10.9 Å². The van der Waals surface area contributed by atoms with Crippen LogP contribution in [-0.2, 0) is 35.3 Å². The maximum absolute atomic E-state index is 14.3. The van der Waals surface area contributed by atoms with Gasteiger partial charge in [-0.2, -0.15) is 0 Å². The number of hydrazine groups is 1. The highest BCUT2D eigenvalue weighted by Gasteiger charge is 2.46. The molecular formula is C60H86N16O8. The van der Waals surface area contributed by atoms with Crippen LogP contribution in [-0.4, -0.2) is 147 Å². The number of fused-ring (bicyclic) bond motifs is 2. The van der Waals surface area contributed by atoms with E-state index >= 15 is 0 Å². The molecular weight excluding hydrogens is 1070 g/mol. The molecule has 5 heterocycles. The first-order valence-corrected chi connectivity index (χ1v) is 30.1. The van der Waals surface area contributed by atoms with Crippen LogP contribution in [0.5, 0.6) is 0 Å². The largest absolute Gasteiger partial charge is 0.399 e. The SMILES string of the molecule is CN[C@@H](C)C(=O)N[C@H]1CCCC[C@H]2CC[C@@H](C(=O)N[C@@H](c3ccccc3)c3cn(CCCCNc4c(NCCCCN(N)/C=C(\N)[C@@H](NC(=O)[C@@H]5CC[C@@H]6CCCC[C@H](NC(=O)[C@H](C)NC)C(=O)N65)c5ccccc5)c(=O)c4=O)nn3)N2C1=O. The van der Waals surface area contributed by atoms with E-state index in [1.807, 2.05) is 60.7 Å². The van der Waals surface area contributed by atoms with E-state index in [9.17, 15) is 38.4 Å². The Morgan fingerprint density at radius 2 is 1.13 bits per heavy atom. The first kappa shape index (κ1) is 62.3. The number of carbonyl (C=O) groups is 6. The van der Waals surface area contributed by atoms with Gasteiger partial charge in [-0.3, -0.25) is 43.0 Å². The Balaban J connectivity index is 0.792. The third-order valence-corrected chi connectivity index (χ3v) is 17.1. The minimum atomic E-state index is -0.752. The van der Waals surface area contributed by atoms with Crippen molar-refractivity contribution in [3.8, 4) is 0 Å². The lowest BCUT2D eigenvalue weighted by Gasteiger charge is -2.36. The summed E-state index contributed by atoms with van der Waals surface area (Å²) >= 11 is 0. The number of anilines is 2. The van der Waals surface area contributed by atoms with Gasteiger partial charge in [0.2, 0.25) is 35.4 Å². The van der Waals surface area contributed by atoms with E-state index < -0.39 is 59.2 Å². The lowest BCUT2D eigenvalue weighted by atomic mass is 9.98. The molecule has 4 aromatic rings. The van der Waals surface area contributed by atoms with E-state index in [2.05, 4.69) is 52.8 Å². The first-order chi connectivity index (χ1) is 40.6. The zero-order valence-electron chi connectivity index (χ0n) is 48.9. The van der Waals surface area contributed by atoms with Gasteiger partial charge in [-0.05, 0) is 116 Å². The van der Waals surface area contributed by atoms with Gasteiger partial charge in [-0.15, -0.1) is 5.10 Å². The second-order valence-electron chi connectivity index (χ2n) is 22.9. The molecule has 84 heavy (non-hydrogen) atoms. The normalized spacial score (nSPS) is 22.5. The number of hydrogen-bond donors (Lipinski definition) is 10. The predicted molar refractivity (Wildman–Crippen MR) is 319 cm³/mol. The molecule has 1 aromatic heterocycles. The van der Waals surface area contributed by atoms with Crippen LogP contribution in [0.25, 0.3) is 0 Å². The van der Waals surface area contributed by atoms with Crippen molar-refractivity contribution < 1.29 is 28.8 Å². The molecule has 6 amide bonds. The van der Waals surface area contributed by atoms with Crippen LogP contribution >= 0.6 is 0 Å². The van der Waals surface area contributed by atoms with E-state index in [1.54, 1.807) is 54.8 Å². The van der Waals surface area contributed by atoms with E-state index in [1.165, 1.54) is 5.01 Å². The summed E-state index contributed by atoms with van der Waals surface area (Å²) in [5.41, 5.74) is 8.41. The second-order valence-corrected chi connectivity index (χ2v) is 22.9. The molecule has 24 heteroatoms. The minimum absolute atomic E-state index is 0.0899. The summed E-state index contributed by atoms with van der Waals surface area (Å²) in [6, 6.07) is 13.3. The fourth-order valence-corrected chi connectivity index (χ4v) is 12.0. The van der Waals surface area contributed by atoms with Crippen molar-refractivity contribution >= 4 is 46.8 Å². The molecule has 12 N–H and O–H groups in total. The summed E-state index contributed by atoms with van der Waals surface area (Å²) < 4.78 is 1.71. The summed E-state index contributed by atoms with van der Waals surface area (Å²) in [6.07, 6.45) is 14.2. The van der Waals surface area contributed by atoms with Crippen LogP contribution in [0, 0.1) is 0 Å². The van der Waals surface area contributed by atoms with Gasteiger partial charge in [0.1, 0.15) is 41.2 Å². The van der Waals surface area contributed by atoms with Crippen LogP contribution in [0.4, 0.5) is 11.4 Å². The zero-order valence-corrected chi connectivity index (χ0v) is 48.9. The highest BCUT2D eigenvalue weighted by molar-refractivity contribution is 5.95. The number of carbonyl (C=O) groups excluding carboxylic acids is 6. The Hall–Kier alpha value is -7.70. The smallest absolute Gasteiger partial charge is 0.253 e. The number of nitrogens with two attached hydrogens (primary N) is 2. The minimum Gasteiger partial charge on any atom is -0.399 e. The molecule has 0 unspecified atom stereocenters. The standard InChI is InChI=1S/C60H86N16O8/c1-37(63-3)55(79)67-44-25-13-11-23-41-27-29-47(75(41)59(44)83)57(81)69-49(39-19-7-5-8-20-39)43(61)35-73(62)33-17-15-31-65-51-52(54(78)53(51)77)66-32-16-18-34-74-36-46(71-72-74)50(40-21-9-6-10-22-40)70-58(82)48-30-28-42-24-12-14-26-45(60(84)76(42)48)68-56(80)38(2)64-4/h5-10,19-22,35-38,41-42,44-45,47-50,63-66H,11-18,23-34,61-62H2,1-4H3,(H,67,79)(H,68,80)(H,69,81)(H,70,82)/b43-35-/t37-,38-,41-,42-,44-,45-,47-,48-,49-,50-/m0/s1. The van der Waals surface area contributed by atoms with Crippen molar-refractivity contribution in [2.24, 2.45) is 11.6 Å². The molecule has 10 atom stereocenters. The van der Waals surface area contributed by atoms with E-state index in [0.29, 0.717) is 102 Å². The van der Waals surface area contributed by atoms with Crippen molar-refractivity contribution in [1.29, 1.82) is 0 Å². The summed E-state index contributed by atoms with van der Waals surface area (Å²) in [5.74, 6) is 4.80. The molecule has 0 radical (unpaired) electrons. The molecule has 24 nitrogen and oxygen atoms in total. The molecule has 0 spiro atoms. The summed E-state index contributed by atoms with van der Waals surface area (Å²) in [5, 5.41) is 34.6. The van der Waals surface area contributed by atoms with Crippen molar-refractivity contribution in [2.75, 3.05) is 44.4 Å². The van der Waals surface area contributed by atoms with Gasteiger partial charge < -0.3 is 63.1 Å². The first-order valence-electron chi connectivity index (χ1n) is 30.1. The number of nitrogens with zero attached hydrogens (tertiary/aromatic N) is 6. The fraction of sp³-hybridized carbons (Fsp3) is 0.567. The number of nitrogens with one attached hydrogen (secondary N) is 8. The average molecular weight is 1160 g/mol. The number of rotatable bonds is 27. The molecule has 4 fully saturated rings. The van der Waals surface area contributed by atoms with E-state index in [0.717, 1.165) is 49.7 Å². The average Bonchev–Trinajstić information content (AvgIpc) is 4.31. The van der Waals surface area contributed by atoms with Gasteiger partial charge >= 0.3 is 0 Å². The number of amides is 6. The van der Waals surface area contributed by atoms with E-state index in [4.69, 9.17) is 11.6 Å². The molecule has 454 valence electrons. The maximum atomic E-state index is 14.3. The molecule has 0 saturated carbocycles. The predicted octanol–water partition coefficient (Wildman–Crippen LogP) is 2.05. The molecule has 0 aliphatic carbocycles. The summed E-state index contributed by atoms with van der Waals surface area (Å²) in [6.45, 7) is 5.18. The lowest BCUT2D eigenvalue weighted by molar-refractivity contribution is -0.144. The van der Waals surface area contributed by atoms with Gasteiger partial charge in [-0.1, -0.05) is 91.6 Å². The molecule has 8 rings (SSSR count). The Morgan fingerprint density at radius 3 is 1.65 bits per heavy atom. The number of unbranched alkanes of at least 4 members (excludes halogenated alkanes) is 2. The van der Waals surface area contributed by atoms with Crippen LogP contribution < -0.4 is 65.0 Å². The highest BCUT2D eigenvalue weighted by Crippen LogP contribution is 2.34. The van der Waals surface area contributed by atoms with Gasteiger partial charge in [-0.25, -0.2) is 5.84 Å². The Morgan fingerprint density at radius 1 is 0.643 bits per heavy atom. The number of likely N-dealkylation sites (N-methyl/N-ethyl adjacent to an activating group) is 2. The second kappa shape index (κ2) is 29.7. The van der Waals surface area contributed by atoms with Crippen molar-refractivity contribution in [1.82, 2.24) is 61.7 Å². The summed E-state index contributed by atoms with van der Waals surface area (Å²) in [4.78, 5) is 111. The van der Waals surface area contributed by atoms with Crippen molar-refractivity contribution in [3.63, 3.8) is 0 Å². The third kappa shape index (κ3) is 15.3. The van der Waals surface area contributed by atoms with Gasteiger partial charge in [0.05, 0.1) is 36.1 Å². The fourth-order valence-electron chi connectivity index (χ4n) is 12.0. The van der Waals surface area contributed by atoms with Gasteiger partial charge in [0.15, 0.2) is 0 Å². The molecule has 4 aliphatic rings. The van der Waals surface area contributed by atoms with E-state index in [-0.39, 0.29) is 58.9 Å². The maximum Gasteiger partial charge on any atom is 0.253 e. The number of benzene rings is 2. The Bertz CT molecular complexity index is 2990. The molecule has 4 aliphatic heterocycles. The molecule has 3 aromatic carbocycles. The van der Waals surface area contributed by atoms with Crippen LogP contribution in [0.1, 0.15) is 145 Å². The van der Waals surface area contributed by atoms with Crippen LogP contribution in [0.15, 0.2) is 88.3 Å². The van der Waals surface area contributed by atoms with Crippen LogP contribution in [0.3, 0.4) is 0 Å². The number of hydrogen-bond acceptors (Lipinski definition) is 17. The number of aromatic nitrogens is 3.